The molecule has 0 amide bonds. The average Bonchev–Trinajstić information content (AvgIpc) is 2.07. The van der Waals surface area contributed by atoms with Gasteiger partial charge in [0.15, 0.2) is 0 Å². The SMILES string of the molecule is [3H]C(=O)Cc1ccc(N)c(CN)c1. The standard InChI is InChI=1S/C9H12N2O/c10-6-8-5-7(3-4-12)1-2-9(8)11/h1-2,4-5H,3,6,10-11H2/i4T. The Morgan fingerprint density at radius 3 is 2.92 bits per heavy atom. The molecule has 3 nitrogen and oxygen atoms in total. The van der Waals surface area contributed by atoms with E-state index in [0.717, 1.165) is 11.1 Å². The van der Waals surface area contributed by atoms with E-state index < -0.39 is 6.26 Å². The Kier molecular flexibility index (Phi) is 2.36. The van der Waals surface area contributed by atoms with Gasteiger partial charge in [-0.3, -0.25) is 0 Å². The molecule has 0 aliphatic heterocycles. The number of nitrogens with two attached hydrogens (primary N) is 2. The summed E-state index contributed by atoms with van der Waals surface area (Å²) in [4.78, 5) is 10.5. The van der Waals surface area contributed by atoms with Crippen LogP contribution in [0.1, 0.15) is 12.5 Å². The van der Waals surface area contributed by atoms with Gasteiger partial charge in [0.1, 0.15) is 7.63 Å². The molecule has 0 atom stereocenters. The Morgan fingerprint density at radius 1 is 1.58 bits per heavy atom. The largest absolute Gasteiger partial charge is 0.398 e. The summed E-state index contributed by atoms with van der Waals surface area (Å²) in [5.74, 6) is 0. The summed E-state index contributed by atoms with van der Waals surface area (Å²) in [6.07, 6.45) is -0.486. The average molecular weight is 166 g/mol. The van der Waals surface area contributed by atoms with Crippen LogP contribution in [-0.2, 0) is 17.8 Å². The van der Waals surface area contributed by atoms with Crippen molar-refractivity contribution in [1.29, 1.82) is 0 Å². The molecule has 4 N–H and O–H groups in total. The molecule has 0 unspecified atom stereocenters. The molecule has 0 radical (unpaired) electrons. The van der Waals surface area contributed by atoms with Crippen LogP contribution in [0.25, 0.3) is 0 Å². The highest BCUT2D eigenvalue weighted by atomic mass is 16.1. The van der Waals surface area contributed by atoms with Gasteiger partial charge in [-0.2, -0.15) is 0 Å². The summed E-state index contributed by atoms with van der Waals surface area (Å²) in [5, 5.41) is 0. The lowest BCUT2D eigenvalue weighted by atomic mass is 10.1. The predicted molar refractivity (Wildman–Crippen MR) is 48.5 cm³/mol. The van der Waals surface area contributed by atoms with Crippen molar-refractivity contribution in [3.05, 3.63) is 29.3 Å². The van der Waals surface area contributed by atoms with Crippen LogP contribution in [0.3, 0.4) is 0 Å². The van der Waals surface area contributed by atoms with E-state index in [1.54, 1.807) is 18.2 Å². The van der Waals surface area contributed by atoms with Crippen molar-refractivity contribution in [3.8, 4) is 0 Å². The molecule has 0 heterocycles. The fourth-order valence-corrected chi connectivity index (χ4v) is 1.03. The maximum atomic E-state index is 10.5. The second-order valence-corrected chi connectivity index (χ2v) is 2.56. The maximum Gasteiger partial charge on any atom is 0.124 e. The van der Waals surface area contributed by atoms with Gasteiger partial charge in [0.05, 0.1) is 0 Å². The van der Waals surface area contributed by atoms with Crippen molar-refractivity contribution in [1.82, 2.24) is 0 Å². The van der Waals surface area contributed by atoms with Gasteiger partial charge in [0.2, 0.25) is 0 Å². The van der Waals surface area contributed by atoms with Crippen LogP contribution in [0, 0.1) is 0 Å². The molecule has 0 aromatic heterocycles. The van der Waals surface area contributed by atoms with Crippen LogP contribution in [0.4, 0.5) is 5.69 Å². The van der Waals surface area contributed by atoms with Crippen LogP contribution >= 0.6 is 0 Å². The Bertz CT molecular complexity index is 325. The van der Waals surface area contributed by atoms with Gasteiger partial charge >= 0.3 is 0 Å². The lowest BCUT2D eigenvalue weighted by Crippen LogP contribution is -2.02. The Balaban J connectivity index is 2.92. The Labute approximate surface area is 72.8 Å². The molecule has 1 aromatic carbocycles. The highest BCUT2D eigenvalue weighted by Crippen LogP contribution is 2.13. The molecular weight excluding hydrogens is 152 g/mol. The number of nitrogen functional groups attached to an aromatic ring is 1. The summed E-state index contributed by atoms with van der Waals surface area (Å²) in [6.45, 7) is 0.353. The Morgan fingerprint density at radius 2 is 2.33 bits per heavy atom. The number of carbonyl (C=O) groups excluding carboxylic acids is 1. The lowest BCUT2D eigenvalue weighted by Gasteiger charge is -2.03. The van der Waals surface area contributed by atoms with Gasteiger partial charge in [0.25, 0.3) is 0 Å². The van der Waals surface area contributed by atoms with E-state index in [4.69, 9.17) is 12.8 Å². The lowest BCUT2D eigenvalue weighted by molar-refractivity contribution is -0.107. The van der Waals surface area contributed by atoms with Crippen molar-refractivity contribution in [2.45, 2.75) is 13.0 Å². The minimum absolute atomic E-state index is 0.118. The third-order valence-electron chi connectivity index (χ3n) is 1.70. The first-order chi connectivity index (χ1) is 6.13. The summed E-state index contributed by atoms with van der Waals surface area (Å²) < 4.78 is 6.79. The zero-order chi connectivity index (χ0) is 9.84. The molecule has 0 aliphatic carbocycles. The van der Waals surface area contributed by atoms with E-state index in [9.17, 15) is 4.79 Å². The van der Waals surface area contributed by atoms with E-state index >= 15 is 0 Å². The van der Waals surface area contributed by atoms with Gasteiger partial charge in [-0.15, -0.1) is 0 Å². The molecule has 1 aromatic rings. The summed E-state index contributed by atoms with van der Waals surface area (Å²) in [7, 11) is 0. The van der Waals surface area contributed by atoms with Gasteiger partial charge in [-0.1, -0.05) is 12.1 Å². The fourth-order valence-electron chi connectivity index (χ4n) is 1.03. The van der Waals surface area contributed by atoms with Crippen LogP contribution in [0.15, 0.2) is 18.2 Å². The Hall–Kier alpha value is -1.35. The molecule has 0 saturated carbocycles. The molecule has 0 aliphatic rings. The molecule has 12 heavy (non-hydrogen) atoms. The van der Waals surface area contributed by atoms with Gasteiger partial charge in [0, 0.05) is 18.7 Å². The van der Waals surface area contributed by atoms with Crippen LogP contribution in [-0.4, -0.2) is 6.26 Å². The zero-order valence-corrected chi connectivity index (χ0v) is 6.71. The van der Waals surface area contributed by atoms with Crippen molar-refractivity contribution in [2.75, 3.05) is 5.73 Å². The number of hydrogen-bond acceptors (Lipinski definition) is 3. The van der Waals surface area contributed by atoms with E-state index in [-0.39, 0.29) is 6.42 Å². The highest BCUT2D eigenvalue weighted by molar-refractivity contribution is 5.57. The van der Waals surface area contributed by atoms with Crippen LogP contribution < -0.4 is 11.5 Å². The van der Waals surface area contributed by atoms with E-state index in [0.29, 0.717) is 12.2 Å². The molecule has 0 fully saturated rings. The van der Waals surface area contributed by atoms with Crippen molar-refractivity contribution in [3.63, 3.8) is 0 Å². The van der Waals surface area contributed by atoms with Crippen molar-refractivity contribution in [2.24, 2.45) is 5.73 Å². The van der Waals surface area contributed by atoms with Crippen LogP contribution in [0.2, 0.25) is 0 Å². The summed E-state index contributed by atoms with van der Waals surface area (Å²) in [6, 6.07) is 5.21. The summed E-state index contributed by atoms with van der Waals surface area (Å²) >= 11 is 0. The molecule has 3 heteroatoms. The minimum atomic E-state index is -0.604. The number of aldehydes is 1. The highest BCUT2D eigenvalue weighted by Gasteiger charge is 1.98. The number of hydrogen-bond donors (Lipinski definition) is 2. The second kappa shape index (κ2) is 3.88. The van der Waals surface area contributed by atoms with Gasteiger partial charge < -0.3 is 16.3 Å². The normalized spacial score (nSPS) is 10.9. The molecule has 0 spiro atoms. The third kappa shape index (κ3) is 1.83. The van der Waals surface area contributed by atoms with Crippen molar-refractivity contribution >= 4 is 11.9 Å². The topological polar surface area (TPSA) is 69.1 Å². The molecular formula is C9H12N2O. The molecule has 0 saturated heterocycles. The molecule has 1 rings (SSSR count). The first kappa shape index (κ1) is 7.31. The molecule has 64 valence electrons. The quantitative estimate of drug-likeness (QED) is 0.506. The zero-order valence-electron chi connectivity index (χ0n) is 7.71. The fraction of sp³-hybridized carbons (Fsp3) is 0.222. The smallest absolute Gasteiger partial charge is 0.124 e. The second-order valence-electron chi connectivity index (χ2n) is 2.56. The van der Waals surface area contributed by atoms with Gasteiger partial charge in [-0.05, 0) is 17.2 Å². The monoisotopic (exact) mass is 166 g/mol. The third-order valence-corrected chi connectivity index (χ3v) is 1.70. The first-order valence-corrected chi connectivity index (χ1v) is 3.70. The van der Waals surface area contributed by atoms with Crippen molar-refractivity contribution < 1.29 is 6.17 Å². The summed E-state index contributed by atoms with van der Waals surface area (Å²) in [5.41, 5.74) is 13.3. The number of benzene rings is 1. The minimum Gasteiger partial charge on any atom is -0.398 e. The number of rotatable bonds is 3. The molecule has 0 bridgehead atoms. The van der Waals surface area contributed by atoms with E-state index in [1.807, 2.05) is 0 Å². The van der Waals surface area contributed by atoms with Gasteiger partial charge in [-0.25, -0.2) is 0 Å². The number of anilines is 1. The number of carbonyl (C=O) groups is 1. The first-order valence-electron chi connectivity index (χ1n) is 4.20. The van der Waals surface area contributed by atoms with Crippen LogP contribution in [0.5, 0.6) is 0 Å². The van der Waals surface area contributed by atoms with E-state index in [1.165, 1.54) is 0 Å². The maximum absolute atomic E-state index is 10.5. The predicted octanol–water partition coefficient (Wildman–Crippen LogP) is 0.469. The van der Waals surface area contributed by atoms with E-state index in [2.05, 4.69) is 0 Å².